The highest BCUT2D eigenvalue weighted by molar-refractivity contribution is 5.92. The number of carbonyl (C=O) groups is 2. The van der Waals surface area contributed by atoms with E-state index < -0.39 is 12.1 Å². The number of rotatable bonds is 5. The van der Waals surface area contributed by atoms with Gasteiger partial charge in [-0.3, -0.25) is 4.79 Å². The number of benzene rings is 2. The predicted molar refractivity (Wildman–Crippen MR) is 91.0 cm³/mol. The number of nitrogens with two attached hydrogens (primary N) is 1. The second-order valence-corrected chi connectivity index (χ2v) is 5.63. The molecule has 2 aromatic rings. The molecule has 0 aliphatic heterocycles. The molecule has 0 aliphatic rings. The Labute approximate surface area is 140 Å². The number of anilines is 1. The maximum atomic E-state index is 13.1. The predicted octanol–water partition coefficient (Wildman–Crippen LogP) is 3.18. The smallest absolute Gasteiger partial charge is 0.312 e. The summed E-state index contributed by atoms with van der Waals surface area (Å²) in [6.45, 7) is 3.60. The number of nitrogens with one attached hydrogen (secondary N) is 2. The van der Waals surface area contributed by atoms with Gasteiger partial charge in [0.25, 0.3) is 0 Å². The molecular formula is C18H20FN3O2. The van der Waals surface area contributed by atoms with Crippen LogP contribution in [0.25, 0.3) is 0 Å². The molecule has 0 radical (unpaired) electrons. The number of amides is 3. The van der Waals surface area contributed by atoms with Gasteiger partial charge in [-0.1, -0.05) is 24.3 Å². The highest BCUT2D eigenvalue weighted by Gasteiger charge is 2.19. The summed E-state index contributed by atoms with van der Waals surface area (Å²) in [6.07, 6.45) is 0.0185. The molecule has 2 aromatic carbocycles. The number of urea groups is 1. The van der Waals surface area contributed by atoms with Gasteiger partial charge in [0, 0.05) is 5.69 Å². The Morgan fingerprint density at radius 2 is 1.83 bits per heavy atom. The van der Waals surface area contributed by atoms with E-state index in [1.165, 1.54) is 18.2 Å². The summed E-state index contributed by atoms with van der Waals surface area (Å²) in [5.74, 6) is -0.662. The number of primary amides is 1. The van der Waals surface area contributed by atoms with Gasteiger partial charge in [-0.2, -0.15) is 0 Å². The maximum Gasteiger partial charge on any atom is 0.312 e. The molecule has 6 heteroatoms. The van der Waals surface area contributed by atoms with Gasteiger partial charge in [-0.15, -0.1) is 0 Å². The highest BCUT2D eigenvalue weighted by atomic mass is 19.1. The molecule has 0 saturated heterocycles. The maximum absolute atomic E-state index is 13.1. The van der Waals surface area contributed by atoms with E-state index in [-0.39, 0.29) is 18.1 Å². The molecule has 2 rings (SSSR count). The highest BCUT2D eigenvalue weighted by Crippen LogP contribution is 2.22. The van der Waals surface area contributed by atoms with Crippen LogP contribution in [0.15, 0.2) is 42.5 Å². The van der Waals surface area contributed by atoms with E-state index in [4.69, 9.17) is 5.73 Å². The molecule has 0 spiro atoms. The fourth-order valence-electron chi connectivity index (χ4n) is 2.54. The molecule has 4 N–H and O–H groups in total. The first-order chi connectivity index (χ1) is 11.4. The molecule has 24 heavy (non-hydrogen) atoms. The van der Waals surface area contributed by atoms with Crippen molar-refractivity contribution in [1.82, 2.24) is 5.32 Å². The number of carbonyl (C=O) groups excluding carboxylic acids is 2. The number of hydrogen-bond donors (Lipinski definition) is 3. The third-order valence-electron chi connectivity index (χ3n) is 3.73. The van der Waals surface area contributed by atoms with Crippen LogP contribution in [0.4, 0.5) is 14.9 Å². The Kier molecular flexibility index (Phi) is 5.52. The van der Waals surface area contributed by atoms with Crippen LogP contribution in [-0.2, 0) is 4.79 Å². The van der Waals surface area contributed by atoms with Gasteiger partial charge < -0.3 is 16.4 Å². The largest absolute Gasteiger partial charge is 0.352 e. The fraction of sp³-hybridized carbons (Fsp3) is 0.222. The average molecular weight is 329 g/mol. The first-order valence-electron chi connectivity index (χ1n) is 7.54. The van der Waals surface area contributed by atoms with Crippen molar-refractivity contribution in [3.05, 3.63) is 65.0 Å². The van der Waals surface area contributed by atoms with Crippen LogP contribution >= 0.6 is 0 Å². The lowest BCUT2D eigenvalue weighted by molar-refractivity contribution is -0.116. The monoisotopic (exact) mass is 329 g/mol. The molecule has 1 atom stereocenters. The van der Waals surface area contributed by atoms with E-state index in [0.717, 1.165) is 11.1 Å². The summed E-state index contributed by atoms with van der Waals surface area (Å²) < 4.78 is 13.1. The first kappa shape index (κ1) is 17.5. The second kappa shape index (κ2) is 7.59. The normalized spacial score (nSPS) is 11.6. The molecule has 0 aliphatic carbocycles. The SMILES string of the molecule is Cc1cc(F)ccc1NC(=O)CC(NC(N)=O)c1ccccc1C. The zero-order chi connectivity index (χ0) is 17.7. The van der Waals surface area contributed by atoms with Crippen LogP contribution in [0.2, 0.25) is 0 Å². The van der Waals surface area contributed by atoms with Crippen LogP contribution in [0.3, 0.4) is 0 Å². The molecule has 0 heterocycles. The molecule has 0 aromatic heterocycles. The quantitative estimate of drug-likeness (QED) is 0.787. The van der Waals surface area contributed by atoms with Crippen LogP contribution in [0, 0.1) is 19.7 Å². The van der Waals surface area contributed by atoms with E-state index in [1.807, 2.05) is 31.2 Å². The van der Waals surface area contributed by atoms with Crippen LogP contribution in [-0.4, -0.2) is 11.9 Å². The van der Waals surface area contributed by atoms with Crippen molar-refractivity contribution >= 4 is 17.6 Å². The molecule has 5 nitrogen and oxygen atoms in total. The lowest BCUT2D eigenvalue weighted by Crippen LogP contribution is -2.35. The van der Waals surface area contributed by atoms with Gasteiger partial charge in [0.05, 0.1) is 12.5 Å². The first-order valence-corrected chi connectivity index (χ1v) is 7.54. The Bertz CT molecular complexity index is 762. The van der Waals surface area contributed by atoms with Crippen molar-refractivity contribution in [2.24, 2.45) is 5.73 Å². The van der Waals surface area contributed by atoms with Crippen molar-refractivity contribution < 1.29 is 14.0 Å². The van der Waals surface area contributed by atoms with Gasteiger partial charge in [-0.25, -0.2) is 9.18 Å². The van der Waals surface area contributed by atoms with Gasteiger partial charge in [-0.05, 0) is 48.7 Å². The fourth-order valence-corrected chi connectivity index (χ4v) is 2.54. The summed E-state index contributed by atoms with van der Waals surface area (Å²) in [5.41, 5.74) is 8.15. The molecule has 3 amide bonds. The summed E-state index contributed by atoms with van der Waals surface area (Å²) in [5, 5.41) is 5.33. The molecule has 1 unspecified atom stereocenters. The van der Waals surface area contributed by atoms with Gasteiger partial charge in [0.2, 0.25) is 5.91 Å². The minimum Gasteiger partial charge on any atom is -0.352 e. The third-order valence-corrected chi connectivity index (χ3v) is 3.73. The Balaban J connectivity index is 2.15. The zero-order valence-corrected chi connectivity index (χ0v) is 13.6. The number of aryl methyl sites for hydroxylation is 2. The summed E-state index contributed by atoms with van der Waals surface area (Å²) in [4.78, 5) is 23.6. The van der Waals surface area contributed by atoms with E-state index in [2.05, 4.69) is 10.6 Å². The Morgan fingerprint density at radius 1 is 1.12 bits per heavy atom. The average Bonchev–Trinajstić information content (AvgIpc) is 2.49. The van der Waals surface area contributed by atoms with E-state index in [0.29, 0.717) is 11.3 Å². The molecule has 0 saturated carbocycles. The third kappa shape index (κ3) is 4.55. The van der Waals surface area contributed by atoms with Crippen molar-refractivity contribution in [2.75, 3.05) is 5.32 Å². The molecular weight excluding hydrogens is 309 g/mol. The lowest BCUT2D eigenvalue weighted by Gasteiger charge is -2.20. The lowest BCUT2D eigenvalue weighted by atomic mass is 9.98. The standard InChI is InChI=1S/C18H20FN3O2/c1-11-5-3-4-6-14(11)16(22-18(20)24)10-17(23)21-15-8-7-13(19)9-12(15)2/h3-9,16H,10H2,1-2H3,(H,21,23)(H3,20,22,24). The van der Waals surface area contributed by atoms with Crippen molar-refractivity contribution in [1.29, 1.82) is 0 Å². The molecule has 0 bridgehead atoms. The zero-order valence-electron chi connectivity index (χ0n) is 13.6. The van der Waals surface area contributed by atoms with Crippen molar-refractivity contribution in [3.63, 3.8) is 0 Å². The molecule has 0 fully saturated rings. The molecule has 126 valence electrons. The van der Waals surface area contributed by atoms with Crippen molar-refractivity contribution in [3.8, 4) is 0 Å². The van der Waals surface area contributed by atoms with Crippen molar-refractivity contribution in [2.45, 2.75) is 26.3 Å². The minimum atomic E-state index is -0.700. The topological polar surface area (TPSA) is 84.2 Å². The van der Waals surface area contributed by atoms with Gasteiger partial charge >= 0.3 is 6.03 Å². The minimum absolute atomic E-state index is 0.0185. The van der Waals surface area contributed by atoms with Crippen LogP contribution in [0.5, 0.6) is 0 Å². The summed E-state index contributed by atoms with van der Waals surface area (Å²) in [7, 11) is 0. The van der Waals surface area contributed by atoms with Crippen LogP contribution in [0.1, 0.15) is 29.2 Å². The van der Waals surface area contributed by atoms with Gasteiger partial charge in [0.15, 0.2) is 0 Å². The van der Waals surface area contributed by atoms with E-state index in [9.17, 15) is 14.0 Å². The van der Waals surface area contributed by atoms with E-state index in [1.54, 1.807) is 6.92 Å². The Morgan fingerprint density at radius 3 is 2.46 bits per heavy atom. The van der Waals surface area contributed by atoms with E-state index >= 15 is 0 Å². The van der Waals surface area contributed by atoms with Crippen LogP contribution < -0.4 is 16.4 Å². The summed E-state index contributed by atoms with van der Waals surface area (Å²) >= 11 is 0. The second-order valence-electron chi connectivity index (χ2n) is 5.63. The number of hydrogen-bond acceptors (Lipinski definition) is 2. The van der Waals surface area contributed by atoms with Gasteiger partial charge in [0.1, 0.15) is 5.82 Å². The summed E-state index contributed by atoms with van der Waals surface area (Å²) in [6, 6.07) is 10.3. The number of halogens is 1. The Hall–Kier alpha value is -2.89.